The van der Waals surface area contributed by atoms with Crippen LogP contribution in [-0.2, 0) is 9.59 Å². The number of carboxylic acid groups (broad SMARTS) is 1. The molecule has 0 aromatic carbocycles. The van der Waals surface area contributed by atoms with Gasteiger partial charge >= 0.3 is 5.91 Å². The smallest absolute Gasteiger partial charge is 0.312 e. The maximum atomic E-state index is 12.0. The van der Waals surface area contributed by atoms with Gasteiger partial charge in [0.15, 0.2) is 0 Å². The van der Waals surface area contributed by atoms with Gasteiger partial charge in [-0.25, -0.2) is 4.79 Å². The third-order valence-electron chi connectivity index (χ3n) is 4.28. The third-order valence-corrected chi connectivity index (χ3v) is 4.28. The van der Waals surface area contributed by atoms with Crippen molar-refractivity contribution in [2.24, 2.45) is 0 Å². The molecule has 1 amide bonds. The quantitative estimate of drug-likeness (QED) is 0.243. The largest absolute Gasteiger partial charge is 0.550 e. The van der Waals surface area contributed by atoms with Crippen molar-refractivity contribution < 1.29 is 29.8 Å². The highest BCUT2D eigenvalue weighted by Crippen LogP contribution is 2.07. The molecule has 6 heteroatoms. The summed E-state index contributed by atoms with van der Waals surface area (Å²) in [6.07, 6.45) is 23.7. The fourth-order valence-electron chi connectivity index (χ4n) is 2.76. The number of amides is 1. The maximum absolute atomic E-state index is 12.0. The summed E-state index contributed by atoms with van der Waals surface area (Å²) < 4.78 is 0. The first-order valence-corrected chi connectivity index (χ1v) is 11.2. The number of hydrogen-bond donors (Lipinski definition) is 3. The van der Waals surface area contributed by atoms with Gasteiger partial charge in [0.2, 0.25) is 0 Å². The first-order valence-electron chi connectivity index (χ1n) is 11.2. The molecule has 0 saturated carbocycles. The van der Waals surface area contributed by atoms with E-state index in [0.717, 1.165) is 45.4 Å². The lowest BCUT2D eigenvalue weighted by molar-refractivity contribution is -0.822. The van der Waals surface area contributed by atoms with Crippen molar-refractivity contribution >= 4 is 11.9 Å². The number of aliphatic carboxylic acids is 1. The first kappa shape index (κ1) is 30.4. The summed E-state index contributed by atoms with van der Waals surface area (Å²) >= 11 is 0. The van der Waals surface area contributed by atoms with Gasteiger partial charge in [-0.3, -0.25) is 4.90 Å². The number of carboxylic acids is 1. The van der Waals surface area contributed by atoms with Crippen LogP contribution in [0.2, 0.25) is 0 Å². The number of nitrogens with one attached hydrogen (secondary N) is 1. The Kier molecular flexibility index (Phi) is 25.6. The second-order valence-electron chi connectivity index (χ2n) is 7.07. The Morgan fingerprint density at radius 3 is 1.80 bits per heavy atom. The van der Waals surface area contributed by atoms with Gasteiger partial charge < -0.3 is 20.1 Å². The van der Waals surface area contributed by atoms with E-state index >= 15 is 0 Å². The van der Waals surface area contributed by atoms with E-state index in [2.05, 4.69) is 43.4 Å². The van der Waals surface area contributed by atoms with Crippen LogP contribution in [0, 0.1) is 0 Å². The molecule has 0 bridgehead atoms. The van der Waals surface area contributed by atoms with Gasteiger partial charge in [-0.15, -0.1) is 0 Å². The van der Waals surface area contributed by atoms with Crippen LogP contribution >= 0.6 is 0 Å². The Hall–Kier alpha value is -1.76. The van der Waals surface area contributed by atoms with Crippen LogP contribution < -0.4 is 10.0 Å². The summed E-state index contributed by atoms with van der Waals surface area (Å²) in [5.74, 6) is -0.964. The number of unbranched alkanes of at least 4 members (excludes halogenated alkanes) is 5. The van der Waals surface area contributed by atoms with Crippen molar-refractivity contribution in [1.29, 1.82) is 0 Å². The minimum absolute atomic E-state index is 0.0136. The molecule has 0 saturated heterocycles. The van der Waals surface area contributed by atoms with E-state index in [4.69, 9.17) is 20.1 Å². The molecule has 174 valence electrons. The van der Waals surface area contributed by atoms with Crippen LogP contribution in [0.15, 0.2) is 36.5 Å². The van der Waals surface area contributed by atoms with Gasteiger partial charge in [-0.05, 0) is 45.4 Å². The van der Waals surface area contributed by atoms with Gasteiger partial charge in [-0.2, -0.15) is 0 Å². The SMILES string of the molecule is CC(=O)[O-].CCC=CCC=CCC=CCCCCCCCC(=O)[NH+](CCO)CCO. The van der Waals surface area contributed by atoms with E-state index in [-0.39, 0.29) is 19.1 Å². The lowest BCUT2D eigenvalue weighted by Gasteiger charge is -2.14. The van der Waals surface area contributed by atoms with Crippen molar-refractivity contribution in [3.05, 3.63) is 36.5 Å². The molecule has 0 spiro atoms. The van der Waals surface area contributed by atoms with E-state index in [1.807, 2.05) is 0 Å². The molecule has 6 nitrogen and oxygen atoms in total. The average Bonchev–Trinajstić information content (AvgIpc) is 2.70. The van der Waals surface area contributed by atoms with Gasteiger partial charge in [-0.1, -0.05) is 62.6 Å². The van der Waals surface area contributed by atoms with Crippen molar-refractivity contribution in [1.82, 2.24) is 0 Å². The summed E-state index contributed by atoms with van der Waals surface area (Å²) in [6, 6.07) is 0. The van der Waals surface area contributed by atoms with Crippen LogP contribution in [0.3, 0.4) is 0 Å². The van der Waals surface area contributed by atoms with Gasteiger partial charge in [0, 0.05) is 5.97 Å². The number of hydrogen-bond acceptors (Lipinski definition) is 5. The lowest BCUT2D eigenvalue weighted by atomic mass is 10.1. The van der Waals surface area contributed by atoms with E-state index in [1.165, 1.54) is 19.3 Å². The molecule has 0 aromatic rings. The first-order chi connectivity index (χ1) is 14.5. The molecule has 0 atom stereocenters. The molecule has 0 unspecified atom stereocenters. The average molecular weight is 426 g/mol. The Labute approximate surface area is 183 Å². The summed E-state index contributed by atoms with van der Waals surface area (Å²) in [5.41, 5.74) is 0. The highest BCUT2D eigenvalue weighted by Gasteiger charge is 2.17. The zero-order chi connectivity index (χ0) is 22.9. The van der Waals surface area contributed by atoms with Crippen molar-refractivity contribution in [3.63, 3.8) is 0 Å². The van der Waals surface area contributed by atoms with Crippen molar-refractivity contribution in [2.75, 3.05) is 26.3 Å². The van der Waals surface area contributed by atoms with Gasteiger partial charge in [0.05, 0.1) is 19.6 Å². The molecule has 0 aromatic heterocycles. The Morgan fingerprint density at radius 2 is 1.27 bits per heavy atom. The maximum Gasteiger partial charge on any atom is 0.312 e. The van der Waals surface area contributed by atoms with Crippen LogP contribution in [0.25, 0.3) is 0 Å². The van der Waals surface area contributed by atoms with Crippen LogP contribution in [0.1, 0.15) is 78.1 Å². The predicted octanol–water partition coefficient (Wildman–Crippen LogP) is 1.73. The number of aliphatic hydroxyl groups excluding tert-OH is 2. The molecule has 0 fully saturated rings. The van der Waals surface area contributed by atoms with Gasteiger partial charge in [0.25, 0.3) is 0 Å². The zero-order valence-electron chi connectivity index (χ0n) is 19.0. The number of rotatable bonds is 17. The summed E-state index contributed by atoms with van der Waals surface area (Å²) in [6.45, 7) is 3.89. The fraction of sp³-hybridized carbons (Fsp3) is 0.667. The summed E-state index contributed by atoms with van der Waals surface area (Å²) in [4.78, 5) is 21.6. The minimum Gasteiger partial charge on any atom is -0.550 e. The zero-order valence-corrected chi connectivity index (χ0v) is 19.0. The highest BCUT2D eigenvalue weighted by atomic mass is 16.4. The molecular formula is C24H43NO5. The molecule has 0 radical (unpaired) electrons. The van der Waals surface area contributed by atoms with E-state index in [9.17, 15) is 4.79 Å². The number of quaternary nitrogens is 1. The molecule has 3 N–H and O–H groups in total. The Morgan fingerprint density at radius 1 is 0.800 bits per heavy atom. The lowest BCUT2D eigenvalue weighted by Crippen LogP contribution is -3.15. The second-order valence-corrected chi connectivity index (χ2v) is 7.07. The molecule has 0 heterocycles. The topological polar surface area (TPSA) is 102 Å². The second kappa shape index (κ2) is 25.3. The van der Waals surface area contributed by atoms with Crippen LogP contribution in [0.5, 0.6) is 0 Å². The van der Waals surface area contributed by atoms with E-state index in [0.29, 0.717) is 24.4 Å². The summed E-state index contributed by atoms with van der Waals surface area (Å²) in [7, 11) is 0. The van der Waals surface area contributed by atoms with Crippen molar-refractivity contribution in [3.8, 4) is 0 Å². The number of aliphatic hydroxyl groups is 2. The summed E-state index contributed by atoms with van der Waals surface area (Å²) in [5, 5.41) is 26.8. The van der Waals surface area contributed by atoms with E-state index in [1.54, 1.807) is 0 Å². The number of carbonyl (C=O) groups excluding carboxylic acids is 2. The number of carbonyl (C=O) groups is 2. The number of allylic oxidation sites excluding steroid dienone is 6. The predicted molar refractivity (Wildman–Crippen MR) is 120 cm³/mol. The Balaban J connectivity index is 0. The molecular weight excluding hydrogens is 382 g/mol. The monoisotopic (exact) mass is 425 g/mol. The van der Waals surface area contributed by atoms with Crippen molar-refractivity contribution in [2.45, 2.75) is 78.1 Å². The molecule has 0 aliphatic rings. The van der Waals surface area contributed by atoms with E-state index < -0.39 is 5.97 Å². The third kappa shape index (κ3) is 26.2. The normalized spacial score (nSPS) is 11.5. The van der Waals surface area contributed by atoms with Crippen LogP contribution in [-0.4, -0.2) is 48.4 Å². The fourth-order valence-corrected chi connectivity index (χ4v) is 2.76. The molecule has 0 aliphatic carbocycles. The minimum atomic E-state index is -1.08. The molecule has 0 aliphatic heterocycles. The Bertz CT molecular complexity index is 476. The van der Waals surface area contributed by atoms with Gasteiger partial charge in [0.1, 0.15) is 13.1 Å². The molecule has 0 rings (SSSR count). The van der Waals surface area contributed by atoms with Crippen LogP contribution in [0.4, 0.5) is 0 Å². The standard InChI is InChI=1S/C22H39NO3.C2H4O2/c1-2-3-4-5-6-7-8-9-10-11-12-13-14-15-16-17-22(26)23(18-20-24)19-21-25;1-2(3)4/h3-4,6-7,9-10,24-25H,2,5,8,11-21H2,1H3;1H3,(H,3,4). The highest BCUT2D eigenvalue weighted by molar-refractivity contribution is 5.66. The molecule has 30 heavy (non-hydrogen) atoms.